The van der Waals surface area contributed by atoms with E-state index in [1.807, 2.05) is 13.1 Å². The van der Waals surface area contributed by atoms with Gasteiger partial charge in [0.25, 0.3) is 0 Å². The van der Waals surface area contributed by atoms with E-state index in [1.54, 1.807) is 7.11 Å². The molecule has 0 aromatic carbocycles. The molecule has 3 N–H and O–H groups in total. The summed E-state index contributed by atoms with van der Waals surface area (Å²) in [5, 5.41) is 0. The predicted molar refractivity (Wildman–Crippen MR) is 73.3 cm³/mol. The average molecular weight is 253 g/mol. The highest BCUT2D eigenvalue weighted by Gasteiger charge is 2.13. The van der Waals surface area contributed by atoms with Gasteiger partial charge in [-0.3, -0.25) is 0 Å². The molecule has 0 saturated heterocycles. The van der Waals surface area contributed by atoms with E-state index in [0.717, 1.165) is 18.7 Å². The molecular weight excluding hydrogens is 230 g/mol. The van der Waals surface area contributed by atoms with E-state index in [0.29, 0.717) is 24.3 Å². The van der Waals surface area contributed by atoms with Crippen LogP contribution in [0.25, 0.3) is 0 Å². The topological polar surface area (TPSA) is 76.3 Å². The van der Waals surface area contributed by atoms with Crippen molar-refractivity contribution in [2.45, 2.75) is 39.3 Å². The van der Waals surface area contributed by atoms with Gasteiger partial charge in [0.1, 0.15) is 18.2 Å². The highest BCUT2D eigenvalue weighted by atomic mass is 16.5. The zero-order valence-corrected chi connectivity index (χ0v) is 11.6. The smallest absolute Gasteiger partial charge is 0.158 e. The number of hydrogen-bond acceptors (Lipinski definition) is 6. The third-order valence-electron chi connectivity index (χ3n) is 2.91. The van der Waals surface area contributed by atoms with Gasteiger partial charge in [-0.1, -0.05) is 13.3 Å². The Kier molecular flexibility index (Phi) is 5.80. The number of rotatable bonds is 7. The molecule has 1 aromatic heterocycles. The molecule has 1 aromatic rings. The van der Waals surface area contributed by atoms with E-state index in [9.17, 15) is 0 Å². The molecule has 0 aliphatic carbocycles. The summed E-state index contributed by atoms with van der Waals surface area (Å²) in [6.07, 6.45) is 2.26. The van der Waals surface area contributed by atoms with Crippen molar-refractivity contribution >= 4 is 11.6 Å². The van der Waals surface area contributed by atoms with Gasteiger partial charge in [-0.2, -0.15) is 0 Å². The van der Waals surface area contributed by atoms with E-state index in [2.05, 4.69) is 34.1 Å². The van der Waals surface area contributed by atoms with Gasteiger partial charge < -0.3 is 15.1 Å². The van der Waals surface area contributed by atoms with Gasteiger partial charge in [0.2, 0.25) is 0 Å². The van der Waals surface area contributed by atoms with Gasteiger partial charge in [0, 0.05) is 26.3 Å². The molecule has 102 valence electrons. The van der Waals surface area contributed by atoms with Crippen molar-refractivity contribution < 1.29 is 4.74 Å². The van der Waals surface area contributed by atoms with E-state index >= 15 is 0 Å². The number of ether oxygens (including phenoxy) is 1. The first-order valence-electron chi connectivity index (χ1n) is 6.18. The van der Waals surface area contributed by atoms with Gasteiger partial charge in [-0.05, 0) is 13.3 Å². The molecule has 1 heterocycles. The van der Waals surface area contributed by atoms with Crippen molar-refractivity contribution in [3.05, 3.63) is 11.9 Å². The minimum absolute atomic E-state index is 0.374. The largest absolute Gasteiger partial charge is 0.377 e. The Hall–Kier alpha value is -1.40. The van der Waals surface area contributed by atoms with Crippen LogP contribution in [-0.2, 0) is 11.3 Å². The molecule has 0 fully saturated rings. The van der Waals surface area contributed by atoms with Crippen molar-refractivity contribution in [3.8, 4) is 0 Å². The van der Waals surface area contributed by atoms with Crippen LogP contribution < -0.4 is 16.2 Å². The SMILES string of the molecule is CCCC(C)N(C)c1cc(NN)nc(COC)n1. The minimum atomic E-state index is 0.374. The summed E-state index contributed by atoms with van der Waals surface area (Å²) in [4.78, 5) is 10.8. The maximum Gasteiger partial charge on any atom is 0.158 e. The van der Waals surface area contributed by atoms with Gasteiger partial charge in [0.15, 0.2) is 5.82 Å². The lowest BCUT2D eigenvalue weighted by Gasteiger charge is -2.26. The van der Waals surface area contributed by atoms with Gasteiger partial charge in [-0.15, -0.1) is 0 Å². The molecule has 0 amide bonds. The maximum absolute atomic E-state index is 5.42. The summed E-state index contributed by atoms with van der Waals surface area (Å²) in [5.74, 6) is 7.50. The number of nitrogen functional groups attached to an aromatic ring is 1. The lowest BCUT2D eigenvalue weighted by Crippen LogP contribution is -2.30. The van der Waals surface area contributed by atoms with Crippen LogP contribution in [0, 0.1) is 0 Å². The number of nitrogens with two attached hydrogens (primary N) is 1. The fraction of sp³-hybridized carbons (Fsp3) is 0.667. The number of hydrazine groups is 1. The lowest BCUT2D eigenvalue weighted by molar-refractivity contribution is 0.178. The van der Waals surface area contributed by atoms with E-state index < -0.39 is 0 Å². The first-order valence-corrected chi connectivity index (χ1v) is 6.18. The Morgan fingerprint density at radius 3 is 2.78 bits per heavy atom. The molecule has 0 bridgehead atoms. The van der Waals surface area contributed by atoms with Crippen LogP contribution in [0.15, 0.2) is 6.07 Å². The van der Waals surface area contributed by atoms with Gasteiger partial charge in [-0.25, -0.2) is 15.8 Å². The summed E-state index contributed by atoms with van der Waals surface area (Å²) in [6.45, 7) is 4.73. The van der Waals surface area contributed by atoms with Crippen LogP contribution in [0.1, 0.15) is 32.5 Å². The first-order chi connectivity index (χ1) is 8.62. The van der Waals surface area contributed by atoms with Crippen molar-refractivity contribution in [3.63, 3.8) is 0 Å². The molecule has 0 aliphatic heterocycles. The molecule has 1 rings (SSSR count). The van der Waals surface area contributed by atoms with Crippen molar-refractivity contribution in [1.29, 1.82) is 0 Å². The molecule has 0 saturated carbocycles. The van der Waals surface area contributed by atoms with Crippen LogP contribution in [0.3, 0.4) is 0 Å². The molecule has 18 heavy (non-hydrogen) atoms. The van der Waals surface area contributed by atoms with E-state index in [4.69, 9.17) is 10.6 Å². The fourth-order valence-electron chi connectivity index (χ4n) is 1.77. The maximum atomic E-state index is 5.42. The summed E-state index contributed by atoms with van der Waals surface area (Å²) in [6, 6.07) is 2.26. The Labute approximate surface area is 109 Å². The lowest BCUT2D eigenvalue weighted by atomic mass is 10.2. The molecular formula is C12H23N5O. The number of aromatic nitrogens is 2. The fourth-order valence-corrected chi connectivity index (χ4v) is 1.77. The van der Waals surface area contributed by atoms with Gasteiger partial charge >= 0.3 is 0 Å². The average Bonchev–Trinajstić information content (AvgIpc) is 2.38. The summed E-state index contributed by atoms with van der Waals surface area (Å²) in [7, 11) is 3.65. The quantitative estimate of drug-likeness (QED) is 0.567. The second-order valence-corrected chi connectivity index (χ2v) is 4.35. The number of nitrogens with one attached hydrogen (secondary N) is 1. The summed E-state index contributed by atoms with van der Waals surface area (Å²) in [5.41, 5.74) is 2.56. The molecule has 0 radical (unpaired) electrons. The number of nitrogens with zero attached hydrogens (tertiary/aromatic N) is 3. The van der Waals surface area contributed by atoms with Crippen LogP contribution in [-0.4, -0.2) is 30.2 Å². The Morgan fingerprint density at radius 2 is 2.22 bits per heavy atom. The molecule has 0 spiro atoms. The number of hydrogen-bond donors (Lipinski definition) is 2. The molecule has 6 nitrogen and oxygen atoms in total. The normalized spacial score (nSPS) is 12.3. The van der Waals surface area contributed by atoms with Crippen molar-refractivity contribution in [2.24, 2.45) is 5.84 Å². The highest BCUT2D eigenvalue weighted by Crippen LogP contribution is 2.18. The van der Waals surface area contributed by atoms with Crippen molar-refractivity contribution in [1.82, 2.24) is 9.97 Å². The molecule has 6 heteroatoms. The Bertz CT molecular complexity index is 371. The van der Waals surface area contributed by atoms with E-state index in [1.165, 1.54) is 0 Å². The molecule has 1 atom stereocenters. The van der Waals surface area contributed by atoms with E-state index in [-0.39, 0.29) is 0 Å². The molecule has 1 unspecified atom stereocenters. The third-order valence-corrected chi connectivity index (χ3v) is 2.91. The highest BCUT2D eigenvalue weighted by molar-refractivity contribution is 5.48. The third kappa shape index (κ3) is 3.82. The second-order valence-electron chi connectivity index (χ2n) is 4.35. The van der Waals surface area contributed by atoms with Crippen LogP contribution >= 0.6 is 0 Å². The van der Waals surface area contributed by atoms with Gasteiger partial charge in [0.05, 0.1) is 0 Å². The number of anilines is 2. The zero-order chi connectivity index (χ0) is 13.5. The zero-order valence-electron chi connectivity index (χ0n) is 11.6. The molecule has 0 aliphatic rings. The predicted octanol–water partition coefficient (Wildman–Crippen LogP) is 1.53. The first kappa shape index (κ1) is 14.7. The monoisotopic (exact) mass is 253 g/mol. The standard InChI is InChI=1S/C12H23N5O/c1-5-6-9(2)17(3)12-7-10(16-13)14-11(15-12)8-18-4/h7,9H,5-6,8,13H2,1-4H3,(H,14,15,16). The van der Waals surface area contributed by atoms with Crippen LogP contribution in [0.2, 0.25) is 0 Å². The summed E-state index contributed by atoms with van der Waals surface area (Å²) >= 11 is 0. The van der Waals surface area contributed by atoms with Crippen LogP contribution in [0.5, 0.6) is 0 Å². The second kappa shape index (κ2) is 7.13. The number of methoxy groups -OCH3 is 1. The minimum Gasteiger partial charge on any atom is -0.377 e. The van der Waals surface area contributed by atoms with Crippen molar-refractivity contribution in [2.75, 3.05) is 24.5 Å². The van der Waals surface area contributed by atoms with Crippen LogP contribution in [0.4, 0.5) is 11.6 Å². The Morgan fingerprint density at radius 1 is 1.50 bits per heavy atom. The Balaban J connectivity index is 2.95. The summed E-state index contributed by atoms with van der Waals surface area (Å²) < 4.78 is 5.06.